The molecule has 0 radical (unpaired) electrons. The molecular formula is C20H20N2O2S. The zero-order valence-electron chi connectivity index (χ0n) is 14.1. The fourth-order valence-electron chi connectivity index (χ4n) is 3.07. The van der Waals surface area contributed by atoms with Crippen molar-refractivity contribution in [1.82, 2.24) is 9.55 Å². The molecule has 2 heterocycles. The molecule has 1 aromatic heterocycles. The van der Waals surface area contributed by atoms with Gasteiger partial charge in [-0.15, -0.1) is 0 Å². The Kier molecular flexibility index (Phi) is 4.59. The Hall–Kier alpha value is -2.11. The van der Waals surface area contributed by atoms with Gasteiger partial charge in [0.05, 0.1) is 22.7 Å². The van der Waals surface area contributed by atoms with Crippen molar-refractivity contribution >= 4 is 22.7 Å². The van der Waals surface area contributed by atoms with Crippen LogP contribution in [0.1, 0.15) is 18.4 Å². The van der Waals surface area contributed by atoms with Gasteiger partial charge in [-0.25, -0.2) is 4.98 Å². The number of aryl methyl sites for hydroxylation is 1. The second kappa shape index (κ2) is 7.02. The predicted octanol–water partition coefficient (Wildman–Crippen LogP) is 3.97. The van der Waals surface area contributed by atoms with E-state index in [0.717, 1.165) is 41.6 Å². The molecular weight excluding hydrogens is 332 g/mol. The number of benzene rings is 2. The van der Waals surface area contributed by atoms with Crippen molar-refractivity contribution in [3.8, 4) is 5.69 Å². The molecule has 1 aliphatic heterocycles. The van der Waals surface area contributed by atoms with Crippen LogP contribution in [0.3, 0.4) is 0 Å². The zero-order chi connectivity index (χ0) is 17.2. The van der Waals surface area contributed by atoms with Crippen LogP contribution in [0, 0.1) is 6.92 Å². The molecule has 0 saturated carbocycles. The van der Waals surface area contributed by atoms with Gasteiger partial charge in [-0.3, -0.25) is 9.36 Å². The highest BCUT2D eigenvalue weighted by Crippen LogP contribution is 2.25. The van der Waals surface area contributed by atoms with Crippen molar-refractivity contribution in [2.24, 2.45) is 0 Å². The molecule has 1 aliphatic rings. The smallest absolute Gasteiger partial charge is 0.266 e. The lowest BCUT2D eigenvalue weighted by Crippen LogP contribution is -2.22. The summed E-state index contributed by atoms with van der Waals surface area (Å²) in [5.74, 6) is 0.816. The maximum atomic E-state index is 13.1. The van der Waals surface area contributed by atoms with Gasteiger partial charge in [-0.05, 0) is 44.0 Å². The number of para-hydroxylation sites is 1. The summed E-state index contributed by atoms with van der Waals surface area (Å²) in [6.45, 7) is 2.87. The summed E-state index contributed by atoms with van der Waals surface area (Å²) in [4.78, 5) is 17.9. The van der Waals surface area contributed by atoms with E-state index in [1.807, 2.05) is 55.5 Å². The Labute approximate surface area is 150 Å². The van der Waals surface area contributed by atoms with E-state index in [9.17, 15) is 4.79 Å². The third kappa shape index (κ3) is 3.34. The number of hydrogen-bond acceptors (Lipinski definition) is 4. The van der Waals surface area contributed by atoms with Gasteiger partial charge in [-0.1, -0.05) is 41.6 Å². The summed E-state index contributed by atoms with van der Waals surface area (Å²) in [6, 6.07) is 15.5. The van der Waals surface area contributed by atoms with Crippen molar-refractivity contribution in [2.75, 3.05) is 12.4 Å². The first-order valence-corrected chi connectivity index (χ1v) is 9.54. The highest BCUT2D eigenvalue weighted by atomic mass is 32.2. The molecule has 0 aliphatic carbocycles. The van der Waals surface area contributed by atoms with Crippen LogP contribution in [0.25, 0.3) is 16.6 Å². The molecule has 2 aromatic carbocycles. The number of hydrogen-bond donors (Lipinski definition) is 0. The molecule has 5 heteroatoms. The summed E-state index contributed by atoms with van der Waals surface area (Å²) in [7, 11) is 0. The van der Waals surface area contributed by atoms with E-state index in [-0.39, 0.29) is 11.7 Å². The van der Waals surface area contributed by atoms with Gasteiger partial charge >= 0.3 is 0 Å². The molecule has 0 spiro atoms. The molecule has 1 fully saturated rings. The van der Waals surface area contributed by atoms with Crippen LogP contribution in [0.15, 0.2) is 58.5 Å². The number of rotatable bonds is 4. The van der Waals surface area contributed by atoms with Crippen molar-refractivity contribution in [2.45, 2.75) is 31.0 Å². The molecule has 25 heavy (non-hydrogen) atoms. The fourth-order valence-corrected chi connectivity index (χ4v) is 4.15. The van der Waals surface area contributed by atoms with E-state index < -0.39 is 0 Å². The fraction of sp³-hybridized carbons (Fsp3) is 0.300. The van der Waals surface area contributed by atoms with Gasteiger partial charge in [0, 0.05) is 12.4 Å². The molecule has 1 saturated heterocycles. The topological polar surface area (TPSA) is 44.1 Å². The van der Waals surface area contributed by atoms with Crippen molar-refractivity contribution in [1.29, 1.82) is 0 Å². The first-order valence-electron chi connectivity index (χ1n) is 8.55. The van der Waals surface area contributed by atoms with Gasteiger partial charge in [0.25, 0.3) is 5.56 Å². The summed E-state index contributed by atoms with van der Waals surface area (Å²) < 4.78 is 7.44. The second-order valence-electron chi connectivity index (χ2n) is 6.33. The maximum absolute atomic E-state index is 13.1. The van der Waals surface area contributed by atoms with Crippen molar-refractivity contribution < 1.29 is 4.74 Å². The lowest BCUT2D eigenvalue weighted by atomic mass is 10.2. The number of aromatic nitrogens is 2. The highest BCUT2D eigenvalue weighted by molar-refractivity contribution is 7.99. The Morgan fingerprint density at radius 2 is 2.00 bits per heavy atom. The van der Waals surface area contributed by atoms with Gasteiger partial charge in [0.15, 0.2) is 5.16 Å². The first-order chi connectivity index (χ1) is 12.2. The Balaban J connectivity index is 1.81. The Morgan fingerprint density at radius 1 is 1.20 bits per heavy atom. The average Bonchev–Trinajstić information content (AvgIpc) is 3.15. The monoisotopic (exact) mass is 352 g/mol. The third-order valence-corrected chi connectivity index (χ3v) is 5.53. The summed E-state index contributed by atoms with van der Waals surface area (Å²) in [6.07, 6.45) is 2.44. The second-order valence-corrected chi connectivity index (χ2v) is 7.32. The standard InChI is InChI=1S/C20H20N2O2S/c1-14-8-10-15(11-9-14)22-19(23)17-6-2-3-7-18(17)21-20(22)25-13-16-5-4-12-24-16/h2-3,6-11,16H,4-5,12-13H2,1H3/t16-/m1/s1. The van der Waals surface area contributed by atoms with Gasteiger partial charge in [-0.2, -0.15) is 0 Å². The van der Waals surface area contributed by atoms with Gasteiger partial charge in [0.1, 0.15) is 0 Å². The minimum Gasteiger partial charge on any atom is -0.377 e. The molecule has 128 valence electrons. The van der Waals surface area contributed by atoms with Crippen LogP contribution in [-0.4, -0.2) is 28.0 Å². The molecule has 4 rings (SSSR count). The quantitative estimate of drug-likeness (QED) is 0.526. The van der Waals surface area contributed by atoms with E-state index in [1.54, 1.807) is 16.3 Å². The lowest BCUT2D eigenvalue weighted by Gasteiger charge is -2.15. The Bertz CT molecular complexity index is 944. The molecule has 0 unspecified atom stereocenters. The summed E-state index contributed by atoms with van der Waals surface area (Å²) in [5, 5.41) is 1.37. The minimum atomic E-state index is -0.0238. The summed E-state index contributed by atoms with van der Waals surface area (Å²) in [5.41, 5.74) is 2.73. The third-order valence-electron chi connectivity index (χ3n) is 4.46. The SMILES string of the molecule is Cc1ccc(-n2c(SC[C@H]3CCCO3)nc3ccccc3c2=O)cc1. The van der Waals surface area contributed by atoms with Crippen LogP contribution in [0.5, 0.6) is 0 Å². The first kappa shape index (κ1) is 16.4. The van der Waals surface area contributed by atoms with E-state index in [2.05, 4.69) is 0 Å². The van der Waals surface area contributed by atoms with E-state index in [1.165, 1.54) is 5.56 Å². The van der Waals surface area contributed by atoms with E-state index >= 15 is 0 Å². The normalized spacial score (nSPS) is 17.2. The van der Waals surface area contributed by atoms with Crippen LogP contribution in [-0.2, 0) is 4.74 Å². The Morgan fingerprint density at radius 3 is 2.76 bits per heavy atom. The van der Waals surface area contributed by atoms with E-state index in [4.69, 9.17) is 9.72 Å². The number of ether oxygens (including phenoxy) is 1. The number of thioether (sulfide) groups is 1. The van der Waals surface area contributed by atoms with E-state index in [0.29, 0.717) is 5.39 Å². The lowest BCUT2D eigenvalue weighted by molar-refractivity contribution is 0.129. The van der Waals surface area contributed by atoms with Crippen molar-refractivity contribution in [3.63, 3.8) is 0 Å². The minimum absolute atomic E-state index is 0.0238. The molecule has 4 nitrogen and oxygen atoms in total. The molecule has 0 amide bonds. The zero-order valence-corrected chi connectivity index (χ0v) is 15.0. The summed E-state index contributed by atoms with van der Waals surface area (Å²) >= 11 is 1.60. The van der Waals surface area contributed by atoms with Crippen molar-refractivity contribution in [3.05, 3.63) is 64.4 Å². The molecule has 0 bridgehead atoms. The average molecular weight is 352 g/mol. The number of fused-ring (bicyclic) bond motifs is 1. The predicted molar refractivity (Wildman–Crippen MR) is 102 cm³/mol. The van der Waals surface area contributed by atoms with Crippen LogP contribution in [0.4, 0.5) is 0 Å². The maximum Gasteiger partial charge on any atom is 0.266 e. The van der Waals surface area contributed by atoms with Crippen LogP contribution >= 0.6 is 11.8 Å². The van der Waals surface area contributed by atoms with Crippen LogP contribution in [0.2, 0.25) is 0 Å². The highest BCUT2D eigenvalue weighted by Gasteiger charge is 2.19. The van der Waals surface area contributed by atoms with Crippen LogP contribution < -0.4 is 5.56 Å². The van der Waals surface area contributed by atoms with Gasteiger partial charge in [0.2, 0.25) is 0 Å². The number of nitrogens with zero attached hydrogens (tertiary/aromatic N) is 2. The molecule has 0 N–H and O–H groups in total. The molecule has 1 atom stereocenters. The molecule has 3 aromatic rings. The largest absolute Gasteiger partial charge is 0.377 e. The van der Waals surface area contributed by atoms with Gasteiger partial charge < -0.3 is 4.74 Å².